The molecule has 7 nitrogen and oxygen atoms in total. The van der Waals surface area contributed by atoms with Crippen LogP contribution in [0, 0.1) is 11.3 Å². The van der Waals surface area contributed by atoms with Gasteiger partial charge in [0.25, 0.3) is 0 Å². The van der Waals surface area contributed by atoms with Crippen LogP contribution in [0.15, 0.2) is 12.2 Å². The van der Waals surface area contributed by atoms with Crippen molar-refractivity contribution >= 4 is 17.7 Å². The zero-order valence-electron chi connectivity index (χ0n) is 17.9. The van der Waals surface area contributed by atoms with Crippen LogP contribution < -0.4 is 5.32 Å². The Morgan fingerprint density at radius 2 is 1.93 bits per heavy atom. The van der Waals surface area contributed by atoms with Gasteiger partial charge in [-0.2, -0.15) is 0 Å². The number of carbonyl (C=O) groups excluding carboxylic acids is 3. The van der Waals surface area contributed by atoms with Crippen LogP contribution in [0.3, 0.4) is 0 Å². The Bertz CT molecular complexity index is 666. The van der Waals surface area contributed by atoms with Crippen molar-refractivity contribution in [3.8, 4) is 0 Å². The fourth-order valence-electron chi connectivity index (χ4n) is 4.32. The predicted molar refractivity (Wildman–Crippen MR) is 108 cm³/mol. The SMILES string of the molecule is C=C1C(=O)C(C)(C(=O)OC)C(CCC(=O)N2CCC(NCC3CC3)CC2)OC1C. The zero-order chi connectivity index (χ0) is 21.2. The first-order valence-corrected chi connectivity index (χ1v) is 10.8. The van der Waals surface area contributed by atoms with E-state index in [9.17, 15) is 14.4 Å². The van der Waals surface area contributed by atoms with E-state index in [0.29, 0.717) is 12.5 Å². The van der Waals surface area contributed by atoms with Crippen molar-refractivity contribution in [2.75, 3.05) is 26.7 Å². The van der Waals surface area contributed by atoms with Gasteiger partial charge in [-0.05, 0) is 58.4 Å². The normalized spacial score (nSPS) is 31.1. The largest absolute Gasteiger partial charge is 0.468 e. The number of hydrogen-bond acceptors (Lipinski definition) is 6. The molecule has 2 saturated heterocycles. The van der Waals surface area contributed by atoms with E-state index in [2.05, 4.69) is 11.9 Å². The van der Waals surface area contributed by atoms with Gasteiger partial charge >= 0.3 is 5.97 Å². The number of Topliss-reactive ketones (excluding diaryl/α,β-unsaturated/α-hetero) is 1. The number of methoxy groups -OCH3 is 1. The molecule has 162 valence electrons. The number of esters is 1. The molecule has 2 heterocycles. The number of amides is 1. The summed E-state index contributed by atoms with van der Waals surface area (Å²) in [5, 5.41) is 3.62. The summed E-state index contributed by atoms with van der Waals surface area (Å²) in [7, 11) is 1.26. The van der Waals surface area contributed by atoms with Crippen molar-refractivity contribution in [1.82, 2.24) is 10.2 Å². The summed E-state index contributed by atoms with van der Waals surface area (Å²) in [6.07, 6.45) is 3.97. The van der Waals surface area contributed by atoms with Crippen molar-refractivity contribution < 1.29 is 23.9 Å². The highest BCUT2D eigenvalue weighted by atomic mass is 16.5. The molecule has 0 aromatic rings. The van der Waals surface area contributed by atoms with Crippen LogP contribution in [0.1, 0.15) is 52.4 Å². The molecule has 7 heteroatoms. The molecule has 3 aliphatic rings. The fourth-order valence-corrected chi connectivity index (χ4v) is 4.32. The molecule has 29 heavy (non-hydrogen) atoms. The second kappa shape index (κ2) is 8.96. The molecule has 1 aliphatic carbocycles. The standard InChI is InChI=1S/C22H34N2O5/c1-14-15(2)29-18(22(3,20(14)26)21(27)28-4)7-8-19(25)24-11-9-17(10-12-24)23-13-16-5-6-16/h15-18,23H,1,5-13H2,2-4H3. The van der Waals surface area contributed by atoms with E-state index in [1.807, 2.05) is 4.90 Å². The summed E-state index contributed by atoms with van der Waals surface area (Å²) >= 11 is 0. The maximum absolute atomic E-state index is 12.8. The Balaban J connectivity index is 1.53. The molecule has 0 bridgehead atoms. The van der Waals surface area contributed by atoms with Crippen LogP contribution in [-0.2, 0) is 23.9 Å². The maximum atomic E-state index is 12.8. The highest BCUT2D eigenvalue weighted by molar-refractivity contribution is 6.13. The molecule has 3 fully saturated rings. The summed E-state index contributed by atoms with van der Waals surface area (Å²) in [6.45, 7) is 9.62. The third kappa shape index (κ3) is 4.72. The van der Waals surface area contributed by atoms with E-state index in [0.717, 1.165) is 38.4 Å². The van der Waals surface area contributed by atoms with Gasteiger partial charge in [-0.3, -0.25) is 14.4 Å². The minimum atomic E-state index is -1.46. The number of nitrogens with zero attached hydrogens (tertiary/aromatic N) is 1. The van der Waals surface area contributed by atoms with Gasteiger partial charge in [0, 0.05) is 31.1 Å². The number of ether oxygens (including phenoxy) is 2. The van der Waals surface area contributed by atoms with E-state index < -0.39 is 23.6 Å². The van der Waals surface area contributed by atoms with Crippen LogP contribution in [0.4, 0.5) is 0 Å². The first kappa shape index (κ1) is 22.0. The molecule has 0 aromatic carbocycles. The lowest BCUT2D eigenvalue weighted by atomic mass is 9.72. The monoisotopic (exact) mass is 406 g/mol. The van der Waals surface area contributed by atoms with Crippen LogP contribution in [0.2, 0.25) is 0 Å². The minimum Gasteiger partial charge on any atom is -0.468 e. The Kier molecular flexibility index (Phi) is 6.79. The summed E-state index contributed by atoms with van der Waals surface area (Å²) in [4.78, 5) is 39.8. The van der Waals surface area contributed by atoms with Gasteiger partial charge in [0.15, 0.2) is 11.2 Å². The topological polar surface area (TPSA) is 84.9 Å². The summed E-state index contributed by atoms with van der Waals surface area (Å²) in [5.74, 6) is -0.0972. The van der Waals surface area contributed by atoms with E-state index in [4.69, 9.17) is 9.47 Å². The summed E-state index contributed by atoms with van der Waals surface area (Å²) in [6, 6.07) is 0.494. The molecule has 0 radical (unpaired) electrons. The average Bonchev–Trinajstić information content (AvgIpc) is 3.56. The van der Waals surface area contributed by atoms with Crippen LogP contribution in [0.25, 0.3) is 0 Å². The third-order valence-corrected chi connectivity index (χ3v) is 6.74. The molecule has 0 spiro atoms. The highest BCUT2D eigenvalue weighted by Gasteiger charge is 2.54. The molecule has 3 atom stereocenters. The minimum absolute atomic E-state index is 0.0472. The predicted octanol–water partition coefficient (Wildman–Crippen LogP) is 1.85. The average molecular weight is 407 g/mol. The van der Waals surface area contributed by atoms with Crippen molar-refractivity contribution in [1.29, 1.82) is 0 Å². The van der Waals surface area contributed by atoms with Crippen LogP contribution >= 0.6 is 0 Å². The Morgan fingerprint density at radius 3 is 2.52 bits per heavy atom. The van der Waals surface area contributed by atoms with Crippen molar-refractivity contribution in [2.45, 2.75) is 70.6 Å². The first-order valence-electron chi connectivity index (χ1n) is 10.8. The van der Waals surface area contributed by atoms with E-state index in [-0.39, 0.29) is 23.7 Å². The second-order valence-electron chi connectivity index (χ2n) is 8.86. The van der Waals surface area contributed by atoms with Gasteiger partial charge in [-0.1, -0.05) is 6.58 Å². The lowest BCUT2D eigenvalue weighted by Crippen LogP contribution is -2.55. The molecule has 3 rings (SSSR count). The molecule has 2 aliphatic heterocycles. The van der Waals surface area contributed by atoms with Crippen LogP contribution in [-0.4, -0.2) is 67.6 Å². The number of hydrogen-bond donors (Lipinski definition) is 1. The lowest BCUT2D eigenvalue weighted by Gasteiger charge is -2.41. The molecule has 1 saturated carbocycles. The van der Waals surface area contributed by atoms with Crippen LogP contribution in [0.5, 0.6) is 0 Å². The molecular weight excluding hydrogens is 372 g/mol. The van der Waals surface area contributed by atoms with E-state index in [1.54, 1.807) is 6.92 Å². The zero-order valence-corrected chi connectivity index (χ0v) is 17.9. The van der Waals surface area contributed by atoms with Gasteiger partial charge in [0.1, 0.15) is 0 Å². The Labute approximate surface area is 173 Å². The number of ketones is 1. The molecular formula is C22H34N2O5. The number of likely N-dealkylation sites (tertiary alicyclic amines) is 1. The quantitative estimate of drug-likeness (QED) is 0.395. The second-order valence-corrected chi connectivity index (χ2v) is 8.86. The number of nitrogens with one attached hydrogen (secondary N) is 1. The van der Waals surface area contributed by atoms with Crippen molar-refractivity contribution in [2.24, 2.45) is 11.3 Å². The fraction of sp³-hybridized carbons (Fsp3) is 0.773. The van der Waals surface area contributed by atoms with Gasteiger partial charge in [0.05, 0.1) is 19.3 Å². The third-order valence-electron chi connectivity index (χ3n) is 6.74. The lowest BCUT2D eigenvalue weighted by molar-refractivity contribution is -0.176. The first-order chi connectivity index (χ1) is 13.8. The smallest absolute Gasteiger partial charge is 0.322 e. The number of piperidine rings is 1. The Hall–Kier alpha value is -1.73. The van der Waals surface area contributed by atoms with E-state index in [1.165, 1.54) is 26.9 Å². The summed E-state index contributed by atoms with van der Waals surface area (Å²) < 4.78 is 10.8. The molecule has 3 unspecified atom stereocenters. The Morgan fingerprint density at radius 1 is 1.28 bits per heavy atom. The highest BCUT2D eigenvalue weighted by Crippen LogP contribution is 2.39. The van der Waals surface area contributed by atoms with Gasteiger partial charge < -0.3 is 19.7 Å². The summed E-state index contributed by atoms with van der Waals surface area (Å²) in [5.41, 5.74) is -1.19. The number of carbonyl (C=O) groups is 3. The molecule has 1 N–H and O–H groups in total. The molecule has 0 aromatic heterocycles. The van der Waals surface area contributed by atoms with Crippen molar-refractivity contribution in [3.05, 3.63) is 12.2 Å². The van der Waals surface area contributed by atoms with E-state index >= 15 is 0 Å². The maximum Gasteiger partial charge on any atom is 0.322 e. The molecule has 1 amide bonds. The number of rotatable bonds is 7. The van der Waals surface area contributed by atoms with Gasteiger partial charge in [-0.25, -0.2) is 0 Å². The van der Waals surface area contributed by atoms with Crippen molar-refractivity contribution in [3.63, 3.8) is 0 Å². The van der Waals surface area contributed by atoms with Gasteiger partial charge in [-0.15, -0.1) is 0 Å². The van der Waals surface area contributed by atoms with Gasteiger partial charge in [0.2, 0.25) is 5.91 Å².